The average Bonchev–Trinajstić information content (AvgIpc) is 3.12. The molecule has 3 heterocycles. The third-order valence-electron chi connectivity index (χ3n) is 4.20. The molecule has 2 aromatic rings. The normalized spacial score (nSPS) is 28.4. The molecule has 0 amide bonds. The van der Waals surface area contributed by atoms with Crippen LogP contribution in [0.4, 0.5) is 0 Å². The Morgan fingerprint density at radius 1 is 1.29 bits per heavy atom. The van der Waals surface area contributed by atoms with Crippen molar-refractivity contribution in [1.82, 2.24) is 14.6 Å². The fourth-order valence-corrected chi connectivity index (χ4v) is 4.33. The minimum atomic E-state index is -0.423. The van der Waals surface area contributed by atoms with Gasteiger partial charge in [-0.2, -0.15) is 0 Å². The van der Waals surface area contributed by atoms with Crippen LogP contribution >= 0.6 is 11.8 Å². The molecular weight excluding hydrogens is 288 g/mol. The van der Waals surface area contributed by atoms with E-state index in [1.54, 1.807) is 11.8 Å². The highest BCUT2D eigenvalue weighted by molar-refractivity contribution is 7.99. The van der Waals surface area contributed by atoms with Crippen molar-refractivity contribution in [3.05, 3.63) is 24.4 Å². The van der Waals surface area contributed by atoms with E-state index in [2.05, 4.69) is 10.2 Å². The smallest absolute Gasteiger partial charge is 0.195 e. The monoisotopic (exact) mass is 306 g/mol. The van der Waals surface area contributed by atoms with Gasteiger partial charge in [0.25, 0.3) is 0 Å². The van der Waals surface area contributed by atoms with E-state index in [4.69, 9.17) is 15.2 Å². The number of rotatable bonds is 2. The van der Waals surface area contributed by atoms with Gasteiger partial charge in [-0.25, -0.2) is 0 Å². The summed E-state index contributed by atoms with van der Waals surface area (Å²) < 4.78 is 13.7. The van der Waals surface area contributed by atoms with Gasteiger partial charge >= 0.3 is 0 Å². The maximum Gasteiger partial charge on any atom is 0.195 e. The highest BCUT2D eigenvalue weighted by Crippen LogP contribution is 2.41. The van der Waals surface area contributed by atoms with E-state index in [1.807, 2.05) is 28.8 Å². The maximum atomic E-state index is 6.30. The Labute approximate surface area is 127 Å². The molecule has 0 bridgehead atoms. The molecule has 7 heteroatoms. The summed E-state index contributed by atoms with van der Waals surface area (Å²) in [6.45, 7) is 1.36. The minimum absolute atomic E-state index is 0.129. The van der Waals surface area contributed by atoms with Crippen molar-refractivity contribution < 1.29 is 9.47 Å². The summed E-state index contributed by atoms with van der Waals surface area (Å²) in [6, 6.07) is 6.01. The highest BCUT2D eigenvalue weighted by Gasteiger charge is 2.44. The number of pyridine rings is 1. The predicted molar refractivity (Wildman–Crippen MR) is 79.1 cm³/mol. The number of hydrogen-bond donors (Lipinski definition) is 1. The third-order valence-corrected chi connectivity index (χ3v) is 5.51. The second-order valence-electron chi connectivity index (χ2n) is 5.58. The number of thioether (sulfide) groups is 1. The summed E-state index contributed by atoms with van der Waals surface area (Å²) in [6.07, 6.45) is 4.57. The maximum absolute atomic E-state index is 6.30. The molecule has 2 fully saturated rings. The van der Waals surface area contributed by atoms with Crippen molar-refractivity contribution >= 4 is 17.4 Å². The first kappa shape index (κ1) is 13.5. The summed E-state index contributed by atoms with van der Waals surface area (Å²) in [5.41, 5.74) is 7.16. The molecule has 2 atom stereocenters. The first-order valence-corrected chi connectivity index (χ1v) is 8.14. The molecule has 1 saturated carbocycles. The Morgan fingerprint density at radius 3 is 3.00 bits per heavy atom. The number of aromatic nitrogens is 3. The fraction of sp³-hybridized carbons (Fsp3) is 0.571. The third kappa shape index (κ3) is 2.44. The minimum Gasteiger partial charge on any atom is -0.347 e. The fourth-order valence-electron chi connectivity index (χ4n) is 3.06. The van der Waals surface area contributed by atoms with Crippen LogP contribution in [0, 0.1) is 0 Å². The van der Waals surface area contributed by atoms with Gasteiger partial charge < -0.3 is 15.2 Å². The predicted octanol–water partition coefficient (Wildman–Crippen LogP) is 1.44. The molecule has 1 spiro atoms. The van der Waals surface area contributed by atoms with Crippen LogP contribution < -0.4 is 5.73 Å². The Hall–Kier alpha value is -1.15. The zero-order chi connectivity index (χ0) is 14.3. The Bertz CT molecular complexity index is 641. The molecule has 4 rings (SSSR count). The summed E-state index contributed by atoms with van der Waals surface area (Å²) in [5.74, 6) is -0.423. The van der Waals surface area contributed by atoms with Crippen LogP contribution in [0.1, 0.15) is 19.3 Å². The van der Waals surface area contributed by atoms with Crippen molar-refractivity contribution in [1.29, 1.82) is 0 Å². The molecule has 0 radical (unpaired) electrons. The van der Waals surface area contributed by atoms with Crippen LogP contribution in [0.2, 0.25) is 0 Å². The van der Waals surface area contributed by atoms with Crippen LogP contribution in [0.5, 0.6) is 0 Å². The zero-order valence-electron chi connectivity index (χ0n) is 11.6. The van der Waals surface area contributed by atoms with Gasteiger partial charge in [0.1, 0.15) is 0 Å². The quantitative estimate of drug-likeness (QED) is 0.905. The Balaban J connectivity index is 1.57. The summed E-state index contributed by atoms with van der Waals surface area (Å²) in [4.78, 5) is 0. The van der Waals surface area contributed by atoms with Gasteiger partial charge in [0.15, 0.2) is 16.6 Å². The van der Waals surface area contributed by atoms with Gasteiger partial charge in [0.2, 0.25) is 0 Å². The molecule has 1 saturated heterocycles. The van der Waals surface area contributed by atoms with E-state index in [0.717, 1.165) is 30.1 Å². The Morgan fingerprint density at radius 2 is 2.14 bits per heavy atom. The summed E-state index contributed by atoms with van der Waals surface area (Å²) in [7, 11) is 0. The molecule has 0 aromatic carbocycles. The second kappa shape index (κ2) is 5.24. The molecule has 1 aliphatic carbocycles. The molecular formula is C14H18N4O2S. The van der Waals surface area contributed by atoms with Crippen LogP contribution in [-0.4, -0.2) is 44.9 Å². The number of nitrogens with zero attached hydrogens (tertiary/aromatic N) is 3. The average molecular weight is 306 g/mol. The second-order valence-corrected chi connectivity index (χ2v) is 6.79. The highest BCUT2D eigenvalue weighted by atomic mass is 32.2. The number of ether oxygens (including phenoxy) is 2. The van der Waals surface area contributed by atoms with E-state index < -0.39 is 5.79 Å². The summed E-state index contributed by atoms with van der Waals surface area (Å²) >= 11 is 1.67. The van der Waals surface area contributed by atoms with Crippen LogP contribution in [0.25, 0.3) is 5.65 Å². The number of fused-ring (bicyclic) bond motifs is 1. The van der Waals surface area contributed by atoms with E-state index in [9.17, 15) is 0 Å². The largest absolute Gasteiger partial charge is 0.347 e. The molecule has 1 aliphatic heterocycles. The lowest BCUT2D eigenvalue weighted by Crippen LogP contribution is -2.47. The number of hydrogen-bond acceptors (Lipinski definition) is 6. The molecule has 6 nitrogen and oxygen atoms in total. The lowest BCUT2D eigenvalue weighted by atomic mass is 9.90. The van der Waals surface area contributed by atoms with E-state index in [0.29, 0.717) is 13.2 Å². The molecule has 2 N–H and O–H groups in total. The van der Waals surface area contributed by atoms with E-state index in [1.165, 1.54) is 0 Å². The topological polar surface area (TPSA) is 74.7 Å². The molecule has 21 heavy (non-hydrogen) atoms. The van der Waals surface area contributed by atoms with Crippen molar-refractivity contribution in [3.63, 3.8) is 0 Å². The van der Waals surface area contributed by atoms with Gasteiger partial charge in [0.05, 0.1) is 13.2 Å². The van der Waals surface area contributed by atoms with Crippen molar-refractivity contribution in [3.8, 4) is 0 Å². The van der Waals surface area contributed by atoms with Gasteiger partial charge in [-0.15, -0.1) is 10.2 Å². The van der Waals surface area contributed by atoms with Crippen LogP contribution in [0.15, 0.2) is 29.6 Å². The first-order chi connectivity index (χ1) is 10.3. The van der Waals surface area contributed by atoms with Crippen LogP contribution in [0.3, 0.4) is 0 Å². The van der Waals surface area contributed by atoms with Gasteiger partial charge in [-0.1, -0.05) is 17.8 Å². The summed E-state index contributed by atoms with van der Waals surface area (Å²) in [5, 5.41) is 9.57. The molecule has 2 aliphatic rings. The van der Waals surface area contributed by atoms with E-state index >= 15 is 0 Å². The first-order valence-electron chi connectivity index (χ1n) is 7.26. The van der Waals surface area contributed by atoms with Gasteiger partial charge in [0, 0.05) is 30.3 Å². The standard InChI is InChI=1S/C14H18N4O2S/c15-10-4-5-14(19-7-8-20-14)9-11(10)21-13-17-16-12-3-1-2-6-18(12)13/h1-3,6,10-11H,4-5,7-9,15H2. The van der Waals surface area contributed by atoms with Crippen molar-refractivity contribution in [2.24, 2.45) is 5.73 Å². The lowest BCUT2D eigenvalue weighted by molar-refractivity contribution is -0.176. The zero-order valence-corrected chi connectivity index (χ0v) is 12.5. The van der Waals surface area contributed by atoms with Gasteiger partial charge in [-0.05, 0) is 18.6 Å². The van der Waals surface area contributed by atoms with Gasteiger partial charge in [-0.3, -0.25) is 4.40 Å². The van der Waals surface area contributed by atoms with Crippen molar-refractivity contribution in [2.45, 2.75) is 41.5 Å². The molecule has 112 valence electrons. The number of nitrogens with two attached hydrogens (primary N) is 1. The van der Waals surface area contributed by atoms with Crippen LogP contribution in [-0.2, 0) is 9.47 Å². The Kier molecular flexibility index (Phi) is 3.37. The SMILES string of the molecule is NC1CCC2(CC1Sc1nnc3ccccn13)OCCO2. The molecule has 2 unspecified atom stereocenters. The molecule has 2 aromatic heterocycles. The van der Waals surface area contributed by atoms with Crippen molar-refractivity contribution in [2.75, 3.05) is 13.2 Å². The van der Waals surface area contributed by atoms with E-state index in [-0.39, 0.29) is 11.3 Å². The lowest BCUT2D eigenvalue weighted by Gasteiger charge is -2.38.